The summed E-state index contributed by atoms with van der Waals surface area (Å²) >= 11 is 0. The second kappa shape index (κ2) is 10.4. The molecule has 0 aliphatic rings. The zero-order chi connectivity index (χ0) is 17.6. The number of hydrogen-bond donors (Lipinski definition) is 1. The number of benzene rings is 1. The molecule has 0 fully saturated rings. The zero-order valence-electron chi connectivity index (χ0n) is 17.0. The minimum absolute atomic E-state index is 0. The molecular formula is C18H23CaN3O3S. The molecule has 3 rings (SSSR count). The van der Waals surface area contributed by atoms with Gasteiger partial charge in [0, 0.05) is 31.9 Å². The quantitative estimate of drug-likeness (QED) is 0.464. The van der Waals surface area contributed by atoms with Gasteiger partial charge >= 0.3 is 37.7 Å². The predicted molar refractivity (Wildman–Crippen MR) is 105 cm³/mol. The van der Waals surface area contributed by atoms with Crippen LogP contribution >= 0.6 is 0 Å². The van der Waals surface area contributed by atoms with Crippen LogP contribution in [0.2, 0.25) is 0 Å². The average Bonchev–Trinajstić information content (AvgIpc) is 3.06. The summed E-state index contributed by atoms with van der Waals surface area (Å²) in [5.74, 6) is 1.06. The van der Waals surface area contributed by atoms with Crippen molar-refractivity contribution in [3.05, 3.63) is 47.8 Å². The van der Waals surface area contributed by atoms with E-state index in [-0.39, 0.29) is 40.6 Å². The van der Waals surface area contributed by atoms with Crippen LogP contribution in [-0.2, 0) is 21.3 Å². The number of imidazole rings is 1. The number of aromatic nitrogens is 3. The third-order valence-corrected chi connectivity index (χ3v) is 5.02. The van der Waals surface area contributed by atoms with Crippen LogP contribution in [0.4, 0.5) is 0 Å². The molecule has 3 aromatic rings. The summed E-state index contributed by atoms with van der Waals surface area (Å²) in [6, 6.07) is 9.47. The van der Waals surface area contributed by atoms with Crippen molar-refractivity contribution >= 4 is 59.6 Å². The Morgan fingerprint density at radius 3 is 2.81 bits per heavy atom. The number of pyridine rings is 1. The summed E-state index contributed by atoms with van der Waals surface area (Å²) in [6.07, 6.45) is 2.50. The van der Waals surface area contributed by atoms with E-state index in [1.807, 2.05) is 37.3 Å². The number of rotatable bonds is 8. The van der Waals surface area contributed by atoms with Gasteiger partial charge in [0.15, 0.2) is 5.16 Å². The monoisotopic (exact) mass is 401 g/mol. The van der Waals surface area contributed by atoms with E-state index >= 15 is 0 Å². The first kappa shape index (κ1) is 21.3. The van der Waals surface area contributed by atoms with Crippen molar-refractivity contribution in [2.75, 3.05) is 20.3 Å². The van der Waals surface area contributed by atoms with Crippen molar-refractivity contribution in [2.24, 2.45) is 0 Å². The molecule has 136 valence electrons. The fraction of sp³-hybridized carbons (Fsp3) is 0.333. The van der Waals surface area contributed by atoms with E-state index < -0.39 is 10.8 Å². The molecule has 0 saturated carbocycles. The number of nitrogens with zero attached hydrogens (tertiary/aromatic N) is 2. The van der Waals surface area contributed by atoms with E-state index in [0.29, 0.717) is 24.1 Å². The second-order valence-corrected chi connectivity index (χ2v) is 6.99. The molecule has 0 radical (unpaired) electrons. The van der Waals surface area contributed by atoms with Crippen LogP contribution in [0.1, 0.15) is 20.5 Å². The summed E-state index contributed by atoms with van der Waals surface area (Å²) < 4.78 is 23.5. The topological polar surface area (TPSA) is 77.1 Å². The Balaban J connectivity index is 0.00000243. The number of nitrogens with one attached hydrogen (secondary N) is 1. The standard InChI is InChI=1S/C18H21N3O3S.Ca.2H/c1-13-16(19-9-8-17(13)24-11-5-10-23-2)12-25(22)18-20-14-6-3-4-7-15(14)21-18;;;/h3-4,6-9H,5,10-12H2,1-2H3,(H,20,21);;;/q;+2;2*-1. The van der Waals surface area contributed by atoms with Crippen LogP contribution in [0.15, 0.2) is 41.7 Å². The summed E-state index contributed by atoms with van der Waals surface area (Å²) in [5, 5.41) is 0.466. The first-order chi connectivity index (χ1) is 12.2. The van der Waals surface area contributed by atoms with Crippen LogP contribution in [0.25, 0.3) is 11.0 Å². The first-order valence-electron chi connectivity index (χ1n) is 8.08. The maximum atomic E-state index is 12.7. The van der Waals surface area contributed by atoms with Crippen molar-refractivity contribution in [3.63, 3.8) is 0 Å². The SMILES string of the molecule is COCCCOc1ccnc(CS(=O)c2nc3ccccc3[nH]2)c1C.[Ca+2].[H-].[H-]. The molecule has 2 aromatic heterocycles. The summed E-state index contributed by atoms with van der Waals surface area (Å²) in [7, 11) is 0.371. The van der Waals surface area contributed by atoms with Gasteiger partial charge in [-0.3, -0.25) is 9.19 Å². The second-order valence-electron chi connectivity index (χ2n) is 5.62. The smallest absolute Gasteiger partial charge is 1.00 e. The van der Waals surface area contributed by atoms with Gasteiger partial charge in [-0.15, -0.1) is 0 Å². The van der Waals surface area contributed by atoms with Crippen LogP contribution in [0, 0.1) is 6.92 Å². The molecule has 0 spiro atoms. The Labute approximate surface area is 188 Å². The van der Waals surface area contributed by atoms with Gasteiger partial charge in [0.25, 0.3) is 0 Å². The van der Waals surface area contributed by atoms with E-state index in [0.717, 1.165) is 34.5 Å². The van der Waals surface area contributed by atoms with Crippen molar-refractivity contribution in [3.8, 4) is 5.75 Å². The van der Waals surface area contributed by atoms with Crippen molar-refractivity contribution < 1.29 is 16.5 Å². The van der Waals surface area contributed by atoms with E-state index in [4.69, 9.17) is 9.47 Å². The number of fused-ring (bicyclic) bond motifs is 1. The molecule has 1 N–H and O–H groups in total. The van der Waals surface area contributed by atoms with Gasteiger partial charge in [-0.05, 0) is 25.1 Å². The van der Waals surface area contributed by atoms with E-state index in [1.165, 1.54) is 0 Å². The third kappa shape index (κ3) is 5.27. The van der Waals surface area contributed by atoms with E-state index in [2.05, 4.69) is 15.0 Å². The van der Waals surface area contributed by atoms with Gasteiger partial charge in [0.1, 0.15) is 5.75 Å². The molecule has 6 nitrogen and oxygen atoms in total. The number of hydrogen-bond acceptors (Lipinski definition) is 5. The number of para-hydroxylation sites is 2. The van der Waals surface area contributed by atoms with Gasteiger partial charge in [-0.2, -0.15) is 0 Å². The number of H-pyrrole nitrogens is 1. The van der Waals surface area contributed by atoms with Crippen molar-refractivity contribution in [1.29, 1.82) is 0 Å². The Bertz CT molecular complexity index is 862. The van der Waals surface area contributed by atoms with E-state index in [1.54, 1.807) is 13.3 Å². The Morgan fingerprint density at radius 1 is 1.23 bits per heavy atom. The molecule has 0 aliphatic heterocycles. The number of methoxy groups -OCH3 is 1. The molecule has 1 unspecified atom stereocenters. The van der Waals surface area contributed by atoms with Crippen molar-refractivity contribution in [2.45, 2.75) is 24.3 Å². The maximum Gasteiger partial charge on any atom is 2.00 e. The van der Waals surface area contributed by atoms with E-state index in [9.17, 15) is 4.21 Å². The normalized spacial score (nSPS) is 11.9. The Hall–Kier alpha value is -0.990. The summed E-state index contributed by atoms with van der Waals surface area (Å²) in [4.78, 5) is 11.9. The fourth-order valence-corrected chi connectivity index (χ4v) is 3.58. The molecule has 26 heavy (non-hydrogen) atoms. The molecule has 1 aromatic carbocycles. The minimum atomic E-state index is -1.30. The van der Waals surface area contributed by atoms with Gasteiger partial charge in [0.05, 0.1) is 39.9 Å². The van der Waals surface area contributed by atoms with Gasteiger partial charge in [-0.25, -0.2) is 4.98 Å². The molecule has 0 aliphatic carbocycles. The third-order valence-electron chi connectivity index (χ3n) is 3.86. The maximum absolute atomic E-state index is 12.7. The van der Waals surface area contributed by atoms with Crippen LogP contribution < -0.4 is 4.74 Å². The molecular weight excluding hydrogens is 378 g/mol. The van der Waals surface area contributed by atoms with Gasteiger partial charge < -0.3 is 17.3 Å². The average molecular weight is 402 g/mol. The molecule has 0 saturated heterocycles. The predicted octanol–water partition coefficient (Wildman–Crippen LogP) is 2.83. The first-order valence-corrected chi connectivity index (χ1v) is 9.40. The van der Waals surface area contributed by atoms with Crippen LogP contribution in [0.5, 0.6) is 5.75 Å². The van der Waals surface area contributed by atoms with Crippen LogP contribution in [0.3, 0.4) is 0 Å². The summed E-state index contributed by atoms with van der Waals surface area (Å²) in [6.45, 7) is 3.17. The van der Waals surface area contributed by atoms with Crippen LogP contribution in [-0.4, -0.2) is 77.2 Å². The van der Waals surface area contributed by atoms with Gasteiger partial charge in [-0.1, -0.05) is 12.1 Å². The minimum Gasteiger partial charge on any atom is -1.00 e. The number of aromatic amines is 1. The summed E-state index contributed by atoms with van der Waals surface area (Å²) in [5.41, 5.74) is 3.35. The Morgan fingerprint density at radius 2 is 2.04 bits per heavy atom. The largest absolute Gasteiger partial charge is 2.00 e. The van der Waals surface area contributed by atoms with Gasteiger partial charge in [0.2, 0.25) is 0 Å². The fourth-order valence-electron chi connectivity index (χ4n) is 2.48. The Kier molecular flexibility index (Phi) is 8.50. The molecule has 8 heteroatoms. The van der Waals surface area contributed by atoms with Crippen molar-refractivity contribution in [1.82, 2.24) is 15.0 Å². The molecule has 0 bridgehead atoms. The zero-order valence-corrected chi connectivity index (χ0v) is 18.1. The molecule has 2 heterocycles. The molecule has 0 amide bonds. The number of ether oxygens (including phenoxy) is 2. The molecule has 1 atom stereocenters.